The van der Waals surface area contributed by atoms with Crippen LogP contribution in [0.15, 0.2) is 0 Å². The molecular formula is C14H25N3O3. The third kappa shape index (κ3) is 4.18. The fourth-order valence-electron chi connectivity index (χ4n) is 2.44. The van der Waals surface area contributed by atoms with E-state index in [1.165, 1.54) is 0 Å². The largest absolute Gasteiger partial charge is 0.377 e. The van der Waals surface area contributed by atoms with Gasteiger partial charge in [0.2, 0.25) is 11.8 Å². The second-order valence-electron chi connectivity index (χ2n) is 5.62. The Kier molecular flexibility index (Phi) is 5.37. The van der Waals surface area contributed by atoms with Gasteiger partial charge in [0.1, 0.15) is 6.04 Å². The van der Waals surface area contributed by atoms with Crippen molar-refractivity contribution >= 4 is 11.8 Å². The number of hydrogen-bond acceptors (Lipinski definition) is 4. The lowest BCUT2D eigenvalue weighted by molar-refractivity contribution is -0.148. The fourth-order valence-corrected chi connectivity index (χ4v) is 2.44. The summed E-state index contributed by atoms with van der Waals surface area (Å²) in [6, 6.07) is -0.0322. The Hall–Kier alpha value is -1.14. The smallest absolute Gasteiger partial charge is 0.245 e. The van der Waals surface area contributed by atoms with Crippen molar-refractivity contribution in [2.45, 2.75) is 51.2 Å². The van der Waals surface area contributed by atoms with Gasteiger partial charge in [-0.15, -0.1) is 0 Å². The topological polar surface area (TPSA) is 70.7 Å². The number of nitrogens with one attached hydrogen (secondary N) is 2. The van der Waals surface area contributed by atoms with Crippen molar-refractivity contribution in [3.63, 3.8) is 0 Å². The third-order valence-electron chi connectivity index (χ3n) is 3.71. The number of ether oxygens (including phenoxy) is 1. The van der Waals surface area contributed by atoms with Crippen LogP contribution in [-0.4, -0.2) is 61.1 Å². The van der Waals surface area contributed by atoms with Crippen LogP contribution in [0.25, 0.3) is 0 Å². The lowest BCUT2D eigenvalue weighted by Gasteiger charge is -2.35. The van der Waals surface area contributed by atoms with Crippen molar-refractivity contribution < 1.29 is 14.3 Å². The fraction of sp³-hybridized carbons (Fsp3) is 0.857. The summed E-state index contributed by atoms with van der Waals surface area (Å²) < 4.78 is 5.37. The van der Waals surface area contributed by atoms with Gasteiger partial charge in [0, 0.05) is 25.0 Å². The molecule has 1 saturated carbocycles. The molecule has 2 aliphatic rings. The van der Waals surface area contributed by atoms with Gasteiger partial charge >= 0.3 is 0 Å². The lowest BCUT2D eigenvalue weighted by atomic mass is 10.1. The van der Waals surface area contributed by atoms with E-state index in [1.807, 2.05) is 13.8 Å². The molecule has 0 radical (unpaired) electrons. The van der Waals surface area contributed by atoms with Crippen LogP contribution in [0, 0.1) is 0 Å². The van der Waals surface area contributed by atoms with E-state index < -0.39 is 6.04 Å². The van der Waals surface area contributed by atoms with E-state index in [0.29, 0.717) is 32.2 Å². The Morgan fingerprint density at radius 1 is 1.40 bits per heavy atom. The van der Waals surface area contributed by atoms with Crippen molar-refractivity contribution in [1.29, 1.82) is 0 Å². The van der Waals surface area contributed by atoms with Crippen LogP contribution < -0.4 is 10.6 Å². The van der Waals surface area contributed by atoms with Crippen molar-refractivity contribution in [1.82, 2.24) is 15.5 Å². The van der Waals surface area contributed by atoms with Gasteiger partial charge < -0.3 is 20.3 Å². The van der Waals surface area contributed by atoms with Crippen molar-refractivity contribution in [3.8, 4) is 0 Å². The minimum Gasteiger partial charge on any atom is -0.377 e. The van der Waals surface area contributed by atoms with Crippen LogP contribution in [0.2, 0.25) is 0 Å². The van der Waals surface area contributed by atoms with Gasteiger partial charge in [0.15, 0.2) is 0 Å². The minimum absolute atomic E-state index is 0.0256. The maximum atomic E-state index is 12.3. The number of nitrogens with zero attached hydrogens (tertiary/aromatic N) is 1. The summed E-state index contributed by atoms with van der Waals surface area (Å²) in [5.41, 5.74) is 0. The van der Waals surface area contributed by atoms with Crippen molar-refractivity contribution in [3.05, 3.63) is 0 Å². The average Bonchev–Trinajstić information content (AvgIpc) is 3.22. The van der Waals surface area contributed by atoms with Crippen LogP contribution in [0.3, 0.4) is 0 Å². The Bertz CT molecular complexity index is 358. The Morgan fingerprint density at radius 3 is 2.80 bits per heavy atom. The van der Waals surface area contributed by atoms with E-state index in [4.69, 9.17) is 4.74 Å². The number of carbonyl (C=O) groups excluding carboxylic acids is 2. The highest BCUT2D eigenvalue weighted by molar-refractivity contribution is 5.88. The number of hydrogen-bond donors (Lipinski definition) is 2. The summed E-state index contributed by atoms with van der Waals surface area (Å²) in [5.74, 6) is -0.0469. The summed E-state index contributed by atoms with van der Waals surface area (Å²) >= 11 is 0. The summed E-state index contributed by atoms with van der Waals surface area (Å²) in [7, 11) is 0. The van der Waals surface area contributed by atoms with Crippen LogP contribution in [-0.2, 0) is 14.3 Å². The molecule has 6 nitrogen and oxygen atoms in total. The molecule has 1 aliphatic carbocycles. The van der Waals surface area contributed by atoms with Gasteiger partial charge in [-0.25, -0.2) is 0 Å². The minimum atomic E-state index is -0.467. The van der Waals surface area contributed by atoms with Gasteiger partial charge in [-0.1, -0.05) is 6.92 Å². The summed E-state index contributed by atoms with van der Waals surface area (Å²) in [6.45, 7) is 6.15. The number of morpholine rings is 1. The van der Waals surface area contributed by atoms with Crippen molar-refractivity contribution in [2.75, 3.05) is 26.3 Å². The molecule has 0 aromatic heterocycles. The molecule has 2 amide bonds. The normalized spacial score (nSPS) is 24.3. The highest BCUT2D eigenvalue weighted by atomic mass is 16.5. The molecule has 6 heteroatoms. The maximum absolute atomic E-state index is 12.3. The van der Waals surface area contributed by atoms with Crippen LogP contribution in [0.5, 0.6) is 0 Å². The van der Waals surface area contributed by atoms with Crippen LogP contribution in [0.4, 0.5) is 0 Å². The van der Waals surface area contributed by atoms with Gasteiger partial charge in [-0.3, -0.25) is 9.59 Å². The molecule has 2 atom stereocenters. The highest BCUT2D eigenvalue weighted by Gasteiger charge is 2.35. The first-order valence-corrected chi connectivity index (χ1v) is 7.52. The van der Waals surface area contributed by atoms with Gasteiger partial charge in [-0.05, 0) is 26.3 Å². The molecular weight excluding hydrogens is 258 g/mol. The second-order valence-corrected chi connectivity index (χ2v) is 5.62. The first-order valence-electron chi connectivity index (χ1n) is 7.52. The SMILES string of the molecule is CCNC(C)CC(=O)N1CCOCC1C(=O)NC1CC1. The van der Waals surface area contributed by atoms with E-state index in [-0.39, 0.29) is 17.9 Å². The Balaban J connectivity index is 1.91. The van der Waals surface area contributed by atoms with E-state index in [0.717, 1.165) is 19.4 Å². The van der Waals surface area contributed by atoms with E-state index >= 15 is 0 Å². The molecule has 1 saturated heterocycles. The zero-order chi connectivity index (χ0) is 14.5. The molecule has 0 spiro atoms. The second kappa shape index (κ2) is 7.04. The molecule has 2 rings (SSSR count). The van der Waals surface area contributed by atoms with Gasteiger partial charge in [-0.2, -0.15) is 0 Å². The van der Waals surface area contributed by atoms with Crippen LogP contribution in [0.1, 0.15) is 33.1 Å². The molecule has 114 valence electrons. The number of carbonyl (C=O) groups is 2. The molecule has 2 N–H and O–H groups in total. The molecule has 2 unspecified atom stereocenters. The highest BCUT2D eigenvalue weighted by Crippen LogP contribution is 2.20. The monoisotopic (exact) mass is 283 g/mol. The van der Waals surface area contributed by atoms with E-state index in [9.17, 15) is 9.59 Å². The lowest BCUT2D eigenvalue weighted by Crippen LogP contribution is -2.56. The third-order valence-corrected chi connectivity index (χ3v) is 3.71. The van der Waals surface area contributed by atoms with Crippen molar-refractivity contribution in [2.24, 2.45) is 0 Å². The van der Waals surface area contributed by atoms with E-state index in [2.05, 4.69) is 10.6 Å². The quantitative estimate of drug-likeness (QED) is 0.713. The molecule has 20 heavy (non-hydrogen) atoms. The molecule has 0 aromatic carbocycles. The summed E-state index contributed by atoms with van der Waals surface area (Å²) in [4.78, 5) is 26.2. The Morgan fingerprint density at radius 2 is 2.15 bits per heavy atom. The zero-order valence-corrected chi connectivity index (χ0v) is 12.4. The van der Waals surface area contributed by atoms with Gasteiger partial charge in [0.05, 0.1) is 13.2 Å². The number of rotatable bonds is 6. The van der Waals surface area contributed by atoms with E-state index in [1.54, 1.807) is 4.90 Å². The Labute approximate surface area is 120 Å². The maximum Gasteiger partial charge on any atom is 0.245 e. The summed E-state index contributed by atoms with van der Waals surface area (Å²) in [6.07, 6.45) is 2.51. The zero-order valence-electron chi connectivity index (χ0n) is 12.4. The van der Waals surface area contributed by atoms with Crippen LogP contribution >= 0.6 is 0 Å². The van der Waals surface area contributed by atoms with Gasteiger partial charge in [0.25, 0.3) is 0 Å². The first-order chi connectivity index (χ1) is 9.61. The average molecular weight is 283 g/mol. The molecule has 1 aliphatic heterocycles. The molecule has 0 aromatic rings. The number of amides is 2. The summed E-state index contributed by atoms with van der Waals surface area (Å²) in [5, 5.41) is 6.18. The molecule has 1 heterocycles. The first kappa shape index (κ1) is 15.3. The molecule has 2 fully saturated rings. The predicted octanol–water partition coefficient (Wildman–Crippen LogP) is -0.119. The standard InChI is InChI=1S/C14H25N3O3/c1-3-15-10(2)8-13(18)17-6-7-20-9-12(17)14(19)16-11-4-5-11/h10-12,15H,3-9H2,1-2H3,(H,16,19). The predicted molar refractivity (Wildman–Crippen MR) is 75.2 cm³/mol. The molecule has 0 bridgehead atoms.